The molecule has 0 aliphatic heterocycles. The van der Waals surface area contributed by atoms with Gasteiger partial charge >= 0.3 is 0 Å². The van der Waals surface area contributed by atoms with Crippen molar-refractivity contribution in [3.05, 3.63) is 121 Å². The highest BCUT2D eigenvalue weighted by Crippen LogP contribution is 2.40. The quantitative estimate of drug-likeness (QED) is 0.264. The van der Waals surface area contributed by atoms with Crippen molar-refractivity contribution in [2.24, 2.45) is 0 Å². The molecule has 0 fully saturated rings. The lowest BCUT2D eigenvalue weighted by Gasteiger charge is -2.13. The molecule has 0 aliphatic carbocycles. The highest BCUT2D eigenvalue weighted by Gasteiger charge is 2.11. The Hall–Kier alpha value is -4.14. The van der Waals surface area contributed by atoms with E-state index in [1.807, 2.05) is 11.3 Å². The minimum absolute atomic E-state index is 1.09. The van der Waals surface area contributed by atoms with Crippen molar-refractivity contribution in [3.63, 3.8) is 0 Å². The second kappa shape index (κ2) is 7.72. The molecule has 0 saturated carbocycles. The SMILES string of the molecule is c1ccc2c(c1)cc(-c1ccc(Nc3cccc4sc5ccccc5c34)cc1)c1ccccc12. The zero-order valence-corrected chi connectivity index (χ0v) is 19.3. The van der Waals surface area contributed by atoms with Crippen molar-refractivity contribution >= 4 is 64.4 Å². The molecule has 160 valence electrons. The van der Waals surface area contributed by atoms with Gasteiger partial charge in [-0.3, -0.25) is 0 Å². The second-order valence-electron chi connectivity index (χ2n) is 8.67. The molecule has 1 nitrogen and oxygen atoms in total. The van der Waals surface area contributed by atoms with Gasteiger partial charge < -0.3 is 5.32 Å². The van der Waals surface area contributed by atoms with Gasteiger partial charge in [-0.2, -0.15) is 0 Å². The summed E-state index contributed by atoms with van der Waals surface area (Å²) in [5.74, 6) is 0. The fourth-order valence-corrected chi connectivity index (χ4v) is 6.19. The van der Waals surface area contributed by atoms with Gasteiger partial charge in [-0.25, -0.2) is 0 Å². The van der Waals surface area contributed by atoms with Gasteiger partial charge in [0.25, 0.3) is 0 Å². The van der Waals surface area contributed by atoms with Crippen LogP contribution in [0, 0.1) is 0 Å². The molecule has 2 heteroatoms. The van der Waals surface area contributed by atoms with Gasteiger partial charge in [0.15, 0.2) is 0 Å². The predicted octanol–water partition coefficient (Wildman–Crippen LogP) is 9.77. The Bertz CT molecular complexity index is 1830. The molecular formula is C32H21NS. The summed E-state index contributed by atoms with van der Waals surface area (Å²) in [7, 11) is 0. The topological polar surface area (TPSA) is 12.0 Å². The first-order chi connectivity index (χ1) is 16.8. The fraction of sp³-hybridized carbons (Fsp3) is 0. The van der Waals surface area contributed by atoms with Crippen LogP contribution in [0.3, 0.4) is 0 Å². The molecule has 1 aromatic heterocycles. The monoisotopic (exact) mass is 451 g/mol. The third-order valence-electron chi connectivity index (χ3n) is 6.65. The first-order valence-electron chi connectivity index (χ1n) is 11.5. The Kier molecular flexibility index (Phi) is 4.39. The summed E-state index contributed by atoms with van der Waals surface area (Å²) in [6, 6.07) is 43.7. The maximum absolute atomic E-state index is 3.68. The number of thiophene rings is 1. The molecule has 1 N–H and O–H groups in total. The average Bonchev–Trinajstić information content (AvgIpc) is 3.28. The fourth-order valence-electron chi connectivity index (χ4n) is 5.06. The van der Waals surface area contributed by atoms with Crippen molar-refractivity contribution in [2.45, 2.75) is 0 Å². The summed E-state index contributed by atoms with van der Waals surface area (Å²) < 4.78 is 2.63. The molecule has 0 radical (unpaired) electrons. The van der Waals surface area contributed by atoms with Crippen LogP contribution in [0.4, 0.5) is 11.4 Å². The Balaban J connectivity index is 1.31. The molecule has 0 saturated heterocycles. The third-order valence-corrected chi connectivity index (χ3v) is 7.78. The van der Waals surface area contributed by atoms with E-state index in [0.29, 0.717) is 0 Å². The molecule has 6 aromatic carbocycles. The van der Waals surface area contributed by atoms with E-state index in [0.717, 1.165) is 11.4 Å². The van der Waals surface area contributed by atoms with Gasteiger partial charge in [0, 0.05) is 31.5 Å². The van der Waals surface area contributed by atoms with E-state index in [9.17, 15) is 0 Å². The molecule has 34 heavy (non-hydrogen) atoms. The molecule has 0 bridgehead atoms. The van der Waals surface area contributed by atoms with Crippen molar-refractivity contribution in [3.8, 4) is 11.1 Å². The maximum atomic E-state index is 3.68. The van der Waals surface area contributed by atoms with E-state index >= 15 is 0 Å². The third kappa shape index (κ3) is 3.07. The van der Waals surface area contributed by atoms with Crippen LogP contribution in [0.25, 0.3) is 52.8 Å². The van der Waals surface area contributed by atoms with Crippen molar-refractivity contribution in [2.75, 3.05) is 5.32 Å². The van der Waals surface area contributed by atoms with E-state index in [2.05, 4.69) is 127 Å². The van der Waals surface area contributed by atoms with E-state index in [1.54, 1.807) is 0 Å². The number of hydrogen-bond acceptors (Lipinski definition) is 2. The zero-order chi connectivity index (χ0) is 22.5. The highest BCUT2D eigenvalue weighted by atomic mass is 32.1. The van der Waals surface area contributed by atoms with Crippen LogP contribution in [-0.2, 0) is 0 Å². The lowest BCUT2D eigenvalue weighted by Crippen LogP contribution is -1.91. The number of fused-ring (bicyclic) bond motifs is 6. The average molecular weight is 452 g/mol. The number of anilines is 2. The Labute approximate surface area is 201 Å². The summed E-state index contributed by atoms with van der Waals surface area (Å²) in [4.78, 5) is 0. The number of hydrogen-bond donors (Lipinski definition) is 1. The largest absolute Gasteiger partial charge is 0.355 e. The van der Waals surface area contributed by atoms with Crippen molar-refractivity contribution in [1.29, 1.82) is 0 Å². The molecule has 0 unspecified atom stereocenters. The standard InChI is InChI=1S/C32H21NS/c1-2-9-24-22(8-1)20-28(26-11-4-3-10-25(24)26)21-16-18-23(19-17-21)33-29-13-7-15-31-32(29)27-12-5-6-14-30(27)34-31/h1-20,33H. The summed E-state index contributed by atoms with van der Waals surface area (Å²) >= 11 is 1.85. The Morgan fingerprint density at radius 2 is 1.18 bits per heavy atom. The number of benzene rings is 6. The Morgan fingerprint density at radius 3 is 2.03 bits per heavy atom. The smallest absolute Gasteiger partial charge is 0.0478 e. The van der Waals surface area contributed by atoms with Crippen LogP contribution in [0.5, 0.6) is 0 Å². The van der Waals surface area contributed by atoms with E-state index in [1.165, 1.54) is 52.8 Å². The molecule has 7 rings (SSSR count). The highest BCUT2D eigenvalue weighted by molar-refractivity contribution is 7.25. The van der Waals surface area contributed by atoms with Crippen LogP contribution in [0.1, 0.15) is 0 Å². The Morgan fingerprint density at radius 1 is 0.500 bits per heavy atom. The number of nitrogens with one attached hydrogen (secondary N) is 1. The van der Waals surface area contributed by atoms with Crippen LogP contribution in [0.15, 0.2) is 121 Å². The maximum Gasteiger partial charge on any atom is 0.0478 e. The van der Waals surface area contributed by atoms with Gasteiger partial charge in [0.05, 0.1) is 0 Å². The normalized spacial score (nSPS) is 11.5. The molecular weight excluding hydrogens is 430 g/mol. The van der Waals surface area contributed by atoms with E-state index < -0.39 is 0 Å². The van der Waals surface area contributed by atoms with Gasteiger partial charge in [-0.15, -0.1) is 11.3 Å². The molecule has 7 aromatic rings. The molecule has 1 heterocycles. The summed E-state index contributed by atoms with van der Waals surface area (Å²) in [6.45, 7) is 0. The lowest BCUT2D eigenvalue weighted by molar-refractivity contribution is 1.58. The van der Waals surface area contributed by atoms with Gasteiger partial charge in [-0.05, 0) is 69.1 Å². The predicted molar refractivity (Wildman–Crippen MR) is 150 cm³/mol. The summed E-state index contributed by atoms with van der Waals surface area (Å²) in [6.07, 6.45) is 0. The first kappa shape index (κ1) is 19.3. The van der Waals surface area contributed by atoms with Crippen LogP contribution in [0.2, 0.25) is 0 Å². The van der Waals surface area contributed by atoms with Gasteiger partial charge in [-0.1, -0.05) is 84.9 Å². The van der Waals surface area contributed by atoms with Crippen molar-refractivity contribution < 1.29 is 0 Å². The van der Waals surface area contributed by atoms with Crippen LogP contribution < -0.4 is 5.32 Å². The van der Waals surface area contributed by atoms with E-state index in [-0.39, 0.29) is 0 Å². The van der Waals surface area contributed by atoms with E-state index in [4.69, 9.17) is 0 Å². The zero-order valence-electron chi connectivity index (χ0n) is 18.5. The van der Waals surface area contributed by atoms with Crippen LogP contribution in [-0.4, -0.2) is 0 Å². The van der Waals surface area contributed by atoms with Crippen LogP contribution >= 0.6 is 11.3 Å². The molecule has 0 aliphatic rings. The lowest BCUT2D eigenvalue weighted by atomic mass is 9.93. The molecule has 0 atom stereocenters. The first-order valence-corrected chi connectivity index (χ1v) is 12.3. The van der Waals surface area contributed by atoms with Gasteiger partial charge in [0.2, 0.25) is 0 Å². The minimum atomic E-state index is 1.09. The minimum Gasteiger partial charge on any atom is -0.355 e. The number of rotatable bonds is 3. The summed E-state index contributed by atoms with van der Waals surface area (Å²) in [5, 5.41) is 11.4. The second-order valence-corrected chi connectivity index (χ2v) is 9.75. The van der Waals surface area contributed by atoms with Gasteiger partial charge in [0.1, 0.15) is 0 Å². The molecule has 0 amide bonds. The summed E-state index contributed by atoms with van der Waals surface area (Å²) in [5.41, 5.74) is 4.74. The molecule has 0 spiro atoms. The van der Waals surface area contributed by atoms with Crippen molar-refractivity contribution in [1.82, 2.24) is 0 Å².